The van der Waals surface area contributed by atoms with Gasteiger partial charge in [-0.3, -0.25) is 14.2 Å². The maximum absolute atomic E-state index is 12.7. The fourth-order valence-corrected chi connectivity index (χ4v) is 6.78. The van der Waals surface area contributed by atoms with Gasteiger partial charge in [-0.2, -0.15) is 0 Å². The molecule has 0 aromatic carbocycles. The minimum absolute atomic E-state index is 0.0546. The highest BCUT2D eigenvalue weighted by Gasteiger charge is 2.21. The van der Waals surface area contributed by atoms with E-state index in [4.69, 9.17) is 18.5 Å². The minimum Gasteiger partial charge on any atom is -0.756 e. The molecule has 70 heavy (non-hydrogen) atoms. The topological polar surface area (TPSA) is 111 Å². The lowest BCUT2D eigenvalue weighted by atomic mass is 10.1. The lowest BCUT2D eigenvalue weighted by molar-refractivity contribution is -0.870. The van der Waals surface area contributed by atoms with Crippen LogP contribution in [0.1, 0.15) is 155 Å². The minimum atomic E-state index is -4.66. The number of nitrogens with zero attached hydrogens (tertiary/aromatic N) is 1. The quantitative estimate of drug-likeness (QED) is 0.0195. The van der Waals surface area contributed by atoms with E-state index in [0.717, 1.165) is 116 Å². The average Bonchev–Trinajstić information content (AvgIpc) is 3.32. The van der Waals surface area contributed by atoms with E-state index in [1.54, 1.807) is 0 Å². The van der Waals surface area contributed by atoms with E-state index in [-0.39, 0.29) is 26.1 Å². The first kappa shape index (κ1) is 65.6. The van der Waals surface area contributed by atoms with Crippen molar-refractivity contribution in [2.24, 2.45) is 0 Å². The molecule has 10 heteroatoms. The zero-order valence-corrected chi connectivity index (χ0v) is 45.0. The van der Waals surface area contributed by atoms with Crippen molar-refractivity contribution in [1.29, 1.82) is 0 Å². The second-order valence-corrected chi connectivity index (χ2v) is 19.2. The number of carbonyl (C=O) groups excluding carboxylic acids is 2. The van der Waals surface area contributed by atoms with Gasteiger partial charge in [0.15, 0.2) is 6.10 Å². The van der Waals surface area contributed by atoms with Gasteiger partial charge in [0.1, 0.15) is 19.8 Å². The third-order valence-corrected chi connectivity index (χ3v) is 11.0. The number of phosphoric ester groups is 1. The predicted octanol–water partition coefficient (Wildman–Crippen LogP) is 15.5. The highest BCUT2D eigenvalue weighted by molar-refractivity contribution is 7.45. The molecule has 2 atom stereocenters. The van der Waals surface area contributed by atoms with Gasteiger partial charge in [0.2, 0.25) is 0 Å². The second kappa shape index (κ2) is 49.6. The monoisotopic (exact) mass is 988 g/mol. The molecule has 0 aliphatic heterocycles. The van der Waals surface area contributed by atoms with E-state index in [2.05, 4.69) is 172 Å². The van der Waals surface area contributed by atoms with Gasteiger partial charge in [0, 0.05) is 12.8 Å². The van der Waals surface area contributed by atoms with E-state index < -0.39 is 32.5 Å². The molecule has 0 aliphatic carbocycles. The van der Waals surface area contributed by atoms with Crippen LogP contribution in [-0.2, 0) is 32.7 Å². The molecule has 0 amide bonds. The van der Waals surface area contributed by atoms with Crippen molar-refractivity contribution >= 4 is 19.8 Å². The maximum atomic E-state index is 12.7. The van der Waals surface area contributed by atoms with Gasteiger partial charge in [-0.25, -0.2) is 0 Å². The molecule has 0 aromatic rings. The van der Waals surface area contributed by atoms with Crippen LogP contribution in [0.3, 0.4) is 0 Å². The van der Waals surface area contributed by atoms with Crippen LogP contribution in [0.15, 0.2) is 158 Å². The molecule has 0 bridgehead atoms. The van der Waals surface area contributed by atoms with Gasteiger partial charge in [-0.1, -0.05) is 178 Å². The number of esters is 2. The number of quaternary nitrogens is 1. The van der Waals surface area contributed by atoms with Crippen LogP contribution in [0, 0.1) is 0 Å². The first-order valence-electron chi connectivity index (χ1n) is 26.2. The van der Waals surface area contributed by atoms with Gasteiger partial charge in [-0.15, -0.1) is 0 Å². The summed E-state index contributed by atoms with van der Waals surface area (Å²) in [5.74, 6) is -0.940. The largest absolute Gasteiger partial charge is 0.756 e. The van der Waals surface area contributed by atoms with E-state index in [1.807, 2.05) is 21.1 Å². The molecule has 2 unspecified atom stereocenters. The smallest absolute Gasteiger partial charge is 0.306 e. The Bertz CT molecular complexity index is 1730. The molecule has 0 aromatic heterocycles. The summed E-state index contributed by atoms with van der Waals surface area (Å²) in [6.45, 7) is 3.87. The summed E-state index contributed by atoms with van der Waals surface area (Å²) in [5.41, 5.74) is 0. The van der Waals surface area contributed by atoms with Gasteiger partial charge in [0.25, 0.3) is 7.82 Å². The first-order valence-corrected chi connectivity index (χ1v) is 27.7. The van der Waals surface area contributed by atoms with Crippen molar-refractivity contribution in [2.45, 2.75) is 161 Å². The standard InChI is InChI=1S/C60H94NO8P/c1-6-8-10-12-14-16-18-20-22-23-24-25-26-27-28-29-30-31-32-33-34-35-36-37-39-41-43-45-47-49-51-53-60(63)69-58(57-68-70(64,65)67-55-54-61(3,4)5)56-66-59(62)52-50-48-46-44-42-40-38-21-19-17-15-13-11-9-7-2/h8-11,14-17,20-22,24-25,27-28,30-31,33-34,36-38,41-44,58H,6-7,12-13,18-19,23,26,29,32,35,39-40,45-57H2,1-5H3/b10-8-,11-9-,16-14-,17-15-,22-20-,25-24-,28-27-,31-30-,34-33-,37-36-,38-21-,43-41-,44-42-. The van der Waals surface area contributed by atoms with Gasteiger partial charge >= 0.3 is 11.9 Å². The number of unbranched alkanes of at least 4 members (excludes halogenated alkanes) is 5. The van der Waals surface area contributed by atoms with E-state index >= 15 is 0 Å². The average molecular weight is 988 g/mol. The fraction of sp³-hybridized carbons (Fsp3) is 0.533. The third kappa shape index (κ3) is 53.0. The zero-order valence-electron chi connectivity index (χ0n) is 44.1. The SMILES string of the molecule is CC/C=C\C/C=C\C/C=C\C/C=C\C/C=C\C/C=C\C/C=C\C/C=C\C/C=C\CCCCCC(=O)OC(COC(=O)CCCC/C=C\C/C=C\C/C=C\C/C=C\CC)COP(=O)([O-])OCC[N+](C)(C)C. The maximum Gasteiger partial charge on any atom is 0.306 e. The summed E-state index contributed by atoms with van der Waals surface area (Å²) in [5, 5.41) is 0. The molecule has 0 aliphatic rings. The summed E-state index contributed by atoms with van der Waals surface area (Å²) >= 11 is 0. The van der Waals surface area contributed by atoms with Crippen LogP contribution in [0.4, 0.5) is 0 Å². The molecular weight excluding hydrogens is 894 g/mol. The summed E-state index contributed by atoms with van der Waals surface area (Å²) in [7, 11) is 1.09. The number of rotatable bonds is 45. The molecule has 0 rings (SSSR count). The van der Waals surface area contributed by atoms with Gasteiger partial charge in [-0.05, 0) is 122 Å². The number of hydrogen-bond donors (Lipinski definition) is 0. The number of hydrogen-bond acceptors (Lipinski definition) is 8. The molecule has 392 valence electrons. The van der Waals surface area contributed by atoms with Crippen LogP contribution in [-0.4, -0.2) is 70.0 Å². The molecule has 9 nitrogen and oxygen atoms in total. The van der Waals surface area contributed by atoms with Crippen molar-refractivity contribution < 1.29 is 42.1 Å². The Balaban J connectivity index is 4.38. The van der Waals surface area contributed by atoms with Crippen LogP contribution in [0.5, 0.6) is 0 Å². The van der Waals surface area contributed by atoms with Crippen molar-refractivity contribution in [1.82, 2.24) is 0 Å². The molecule has 0 saturated heterocycles. The first-order chi connectivity index (χ1) is 34.0. The molecule has 0 radical (unpaired) electrons. The Morgan fingerprint density at radius 2 is 0.771 bits per heavy atom. The second-order valence-electron chi connectivity index (χ2n) is 17.8. The lowest BCUT2D eigenvalue weighted by Gasteiger charge is -2.28. The van der Waals surface area contributed by atoms with E-state index in [0.29, 0.717) is 23.9 Å². The zero-order chi connectivity index (χ0) is 51.3. The normalized spacial score (nSPS) is 14.7. The Kier molecular flexibility index (Phi) is 46.5. The number of ether oxygens (including phenoxy) is 2. The van der Waals surface area contributed by atoms with Crippen molar-refractivity contribution in [3.63, 3.8) is 0 Å². The Morgan fingerprint density at radius 1 is 0.443 bits per heavy atom. The molecular formula is C60H94NO8P. The highest BCUT2D eigenvalue weighted by Crippen LogP contribution is 2.38. The van der Waals surface area contributed by atoms with Crippen molar-refractivity contribution in [3.05, 3.63) is 158 Å². The number of likely N-dealkylation sites (N-methyl/N-ethyl adjacent to an activating group) is 1. The van der Waals surface area contributed by atoms with Crippen molar-refractivity contribution in [3.8, 4) is 0 Å². The number of phosphoric acid groups is 1. The summed E-state index contributed by atoms with van der Waals surface area (Å²) in [6, 6.07) is 0. The summed E-state index contributed by atoms with van der Waals surface area (Å²) in [4.78, 5) is 37.7. The van der Waals surface area contributed by atoms with Gasteiger partial charge < -0.3 is 27.9 Å². The molecule has 0 fully saturated rings. The van der Waals surface area contributed by atoms with Crippen molar-refractivity contribution in [2.75, 3.05) is 47.5 Å². The molecule has 0 spiro atoms. The third-order valence-electron chi connectivity index (χ3n) is 10.0. The summed E-state index contributed by atoms with van der Waals surface area (Å²) in [6.07, 6.45) is 74.3. The molecule has 0 saturated carbocycles. The predicted molar refractivity (Wildman–Crippen MR) is 295 cm³/mol. The van der Waals surface area contributed by atoms with Crippen LogP contribution in [0.2, 0.25) is 0 Å². The van der Waals surface area contributed by atoms with Crippen LogP contribution < -0.4 is 4.89 Å². The number of carbonyl (C=O) groups is 2. The van der Waals surface area contributed by atoms with Crippen LogP contribution >= 0.6 is 7.82 Å². The highest BCUT2D eigenvalue weighted by atomic mass is 31.2. The van der Waals surface area contributed by atoms with Gasteiger partial charge in [0.05, 0.1) is 27.7 Å². The van der Waals surface area contributed by atoms with E-state index in [9.17, 15) is 19.0 Å². The molecule has 0 heterocycles. The molecule has 0 N–H and O–H groups in total. The Morgan fingerprint density at radius 3 is 1.14 bits per heavy atom. The number of allylic oxidation sites excluding steroid dienone is 26. The summed E-state index contributed by atoms with van der Waals surface area (Å²) < 4.78 is 33.9. The fourth-order valence-electron chi connectivity index (χ4n) is 6.05. The van der Waals surface area contributed by atoms with E-state index in [1.165, 1.54) is 0 Å². The Hall–Kier alpha value is -4.37. The van der Waals surface area contributed by atoms with Crippen LogP contribution in [0.25, 0.3) is 0 Å². The lowest BCUT2D eigenvalue weighted by Crippen LogP contribution is -2.37. The Labute approximate surface area is 426 Å².